The molecular formula is C12H15N5OS. The fraction of sp³-hybridized carbons (Fsp3) is 0.417. The molecule has 7 heteroatoms. The minimum atomic E-state index is 0.810. The Balaban J connectivity index is 1.67. The van der Waals surface area contributed by atoms with E-state index in [-0.39, 0.29) is 0 Å². The lowest BCUT2D eigenvalue weighted by Gasteiger charge is -2.25. The minimum Gasteiger partial charge on any atom is -0.379 e. The number of rotatable bonds is 4. The zero-order chi connectivity index (χ0) is 12.9. The van der Waals surface area contributed by atoms with Crippen LogP contribution in [0, 0.1) is 0 Å². The molecule has 0 bridgehead atoms. The smallest absolute Gasteiger partial charge is 0.215 e. The second kappa shape index (κ2) is 6.14. The van der Waals surface area contributed by atoms with Gasteiger partial charge in [-0.1, -0.05) is 30.0 Å². The number of hydrogen-bond acceptors (Lipinski definition) is 6. The van der Waals surface area contributed by atoms with Crippen molar-refractivity contribution in [1.82, 2.24) is 25.1 Å². The maximum absolute atomic E-state index is 5.33. The van der Waals surface area contributed by atoms with Gasteiger partial charge >= 0.3 is 0 Å². The molecule has 2 heterocycles. The molecule has 2 aromatic rings. The van der Waals surface area contributed by atoms with Gasteiger partial charge in [0.15, 0.2) is 0 Å². The highest BCUT2D eigenvalue weighted by molar-refractivity contribution is 7.99. The first kappa shape index (κ1) is 12.6. The van der Waals surface area contributed by atoms with Crippen LogP contribution in [0.5, 0.6) is 0 Å². The summed E-state index contributed by atoms with van der Waals surface area (Å²) in [5.41, 5.74) is 0.983. The van der Waals surface area contributed by atoms with Gasteiger partial charge in [0, 0.05) is 13.1 Å². The number of thioether (sulfide) groups is 1. The Labute approximate surface area is 115 Å². The largest absolute Gasteiger partial charge is 0.379 e. The average molecular weight is 277 g/mol. The summed E-state index contributed by atoms with van der Waals surface area (Å²) in [6, 6.07) is 9.93. The lowest BCUT2D eigenvalue weighted by Crippen LogP contribution is -2.35. The third kappa shape index (κ3) is 3.12. The Bertz CT molecular complexity index is 512. The number of nitrogens with zero attached hydrogens (tertiary/aromatic N) is 5. The first-order chi connectivity index (χ1) is 9.43. The van der Waals surface area contributed by atoms with Crippen LogP contribution >= 0.6 is 11.8 Å². The van der Waals surface area contributed by atoms with Gasteiger partial charge in [-0.25, -0.2) is 0 Å². The van der Waals surface area contributed by atoms with Crippen LogP contribution in [0.2, 0.25) is 0 Å². The zero-order valence-corrected chi connectivity index (χ0v) is 11.3. The van der Waals surface area contributed by atoms with E-state index in [1.165, 1.54) is 0 Å². The highest BCUT2D eigenvalue weighted by atomic mass is 32.2. The molecule has 1 saturated heterocycles. The summed E-state index contributed by atoms with van der Waals surface area (Å²) in [5.74, 6) is 0.885. The van der Waals surface area contributed by atoms with Crippen molar-refractivity contribution in [1.29, 1.82) is 0 Å². The van der Waals surface area contributed by atoms with Crippen LogP contribution in [-0.4, -0.2) is 57.3 Å². The maximum Gasteiger partial charge on any atom is 0.215 e. The summed E-state index contributed by atoms with van der Waals surface area (Å²) in [6.45, 7) is 3.56. The van der Waals surface area contributed by atoms with Crippen molar-refractivity contribution in [2.75, 3.05) is 32.2 Å². The Morgan fingerprint density at radius 2 is 1.95 bits per heavy atom. The molecular weight excluding hydrogens is 262 g/mol. The molecule has 3 rings (SSSR count). The zero-order valence-electron chi connectivity index (χ0n) is 10.5. The lowest BCUT2D eigenvalue weighted by molar-refractivity contribution is 0.0473. The monoisotopic (exact) mass is 277 g/mol. The van der Waals surface area contributed by atoms with Gasteiger partial charge in [-0.15, -0.1) is 5.10 Å². The molecule has 100 valence electrons. The first-order valence-electron chi connectivity index (χ1n) is 6.20. The predicted molar refractivity (Wildman–Crippen MR) is 72.3 cm³/mol. The van der Waals surface area contributed by atoms with Crippen LogP contribution in [0.3, 0.4) is 0 Å². The van der Waals surface area contributed by atoms with Gasteiger partial charge in [0.05, 0.1) is 24.8 Å². The average Bonchev–Trinajstić information content (AvgIpc) is 2.95. The molecule has 1 aromatic carbocycles. The van der Waals surface area contributed by atoms with Crippen LogP contribution in [0.4, 0.5) is 0 Å². The SMILES string of the molecule is c1ccc(-n2nnnc2SCN2CCOCC2)cc1. The topological polar surface area (TPSA) is 56.1 Å². The van der Waals surface area contributed by atoms with E-state index >= 15 is 0 Å². The highest BCUT2D eigenvalue weighted by Crippen LogP contribution is 2.19. The van der Waals surface area contributed by atoms with Crippen LogP contribution in [-0.2, 0) is 4.74 Å². The van der Waals surface area contributed by atoms with E-state index in [4.69, 9.17) is 4.74 Å². The number of hydrogen-bond donors (Lipinski definition) is 0. The Morgan fingerprint density at radius 3 is 2.74 bits per heavy atom. The Kier molecular flexibility index (Phi) is 4.07. The molecule has 0 unspecified atom stereocenters. The Hall–Kier alpha value is -1.44. The summed E-state index contributed by atoms with van der Waals surface area (Å²) in [7, 11) is 0. The number of benzene rings is 1. The van der Waals surface area contributed by atoms with E-state index in [0.717, 1.165) is 43.0 Å². The minimum absolute atomic E-state index is 0.810. The second-order valence-corrected chi connectivity index (χ2v) is 5.12. The molecule has 0 saturated carbocycles. The summed E-state index contributed by atoms with van der Waals surface area (Å²) >= 11 is 1.65. The molecule has 0 aliphatic carbocycles. The van der Waals surface area contributed by atoms with Crippen molar-refractivity contribution in [2.45, 2.75) is 5.16 Å². The van der Waals surface area contributed by atoms with Gasteiger partial charge in [-0.3, -0.25) is 4.90 Å². The molecule has 1 aliphatic rings. The van der Waals surface area contributed by atoms with Crippen molar-refractivity contribution in [3.8, 4) is 5.69 Å². The molecule has 1 fully saturated rings. The normalized spacial score (nSPS) is 16.6. The molecule has 1 aromatic heterocycles. The molecule has 6 nitrogen and oxygen atoms in total. The summed E-state index contributed by atoms with van der Waals surface area (Å²) in [6.07, 6.45) is 0. The van der Waals surface area contributed by atoms with Crippen molar-refractivity contribution in [2.24, 2.45) is 0 Å². The molecule has 0 spiro atoms. The van der Waals surface area contributed by atoms with Crippen molar-refractivity contribution in [3.05, 3.63) is 30.3 Å². The van der Waals surface area contributed by atoms with Gasteiger partial charge in [-0.05, 0) is 22.6 Å². The quantitative estimate of drug-likeness (QED) is 0.779. The first-order valence-corrected chi connectivity index (χ1v) is 7.19. The summed E-state index contributed by atoms with van der Waals surface area (Å²) < 4.78 is 7.10. The molecule has 19 heavy (non-hydrogen) atoms. The van der Waals surface area contributed by atoms with Crippen LogP contribution in [0.25, 0.3) is 5.69 Å². The maximum atomic E-state index is 5.33. The van der Waals surface area contributed by atoms with E-state index in [1.54, 1.807) is 16.4 Å². The van der Waals surface area contributed by atoms with E-state index < -0.39 is 0 Å². The molecule has 0 amide bonds. The molecule has 0 N–H and O–H groups in total. The van der Waals surface area contributed by atoms with E-state index in [9.17, 15) is 0 Å². The van der Waals surface area contributed by atoms with Crippen molar-refractivity contribution < 1.29 is 4.74 Å². The molecule has 1 aliphatic heterocycles. The van der Waals surface area contributed by atoms with Gasteiger partial charge in [0.25, 0.3) is 0 Å². The van der Waals surface area contributed by atoms with Gasteiger partial charge in [-0.2, -0.15) is 4.68 Å². The Morgan fingerprint density at radius 1 is 1.16 bits per heavy atom. The molecule has 0 radical (unpaired) electrons. The summed E-state index contributed by atoms with van der Waals surface area (Å²) in [4.78, 5) is 2.35. The standard InChI is InChI=1S/C12H15N5OS/c1-2-4-11(5-3-1)17-12(13-14-15-17)19-10-16-6-8-18-9-7-16/h1-5H,6-10H2. The van der Waals surface area contributed by atoms with Crippen molar-refractivity contribution >= 4 is 11.8 Å². The number of tetrazole rings is 1. The third-order valence-electron chi connectivity index (χ3n) is 2.92. The number of ether oxygens (including phenoxy) is 1. The van der Waals surface area contributed by atoms with Crippen LogP contribution in [0.1, 0.15) is 0 Å². The fourth-order valence-electron chi connectivity index (χ4n) is 1.88. The van der Waals surface area contributed by atoms with Gasteiger partial charge < -0.3 is 4.74 Å². The van der Waals surface area contributed by atoms with Crippen LogP contribution in [0.15, 0.2) is 35.5 Å². The van der Waals surface area contributed by atoms with Crippen molar-refractivity contribution in [3.63, 3.8) is 0 Å². The number of para-hydroxylation sites is 1. The fourth-order valence-corrected chi connectivity index (χ4v) is 2.79. The third-order valence-corrected chi connectivity index (χ3v) is 3.93. The second-order valence-electron chi connectivity index (χ2n) is 4.21. The van der Waals surface area contributed by atoms with E-state index in [2.05, 4.69) is 20.4 Å². The van der Waals surface area contributed by atoms with Crippen LogP contribution < -0.4 is 0 Å². The molecule has 0 atom stereocenters. The van der Waals surface area contributed by atoms with Gasteiger partial charge in [0.2, 0.25) is 5.16 Å². The summed E-state index contributed by atoms with van der Waals surface area (Å²) in [5, 5.41) is 12.7. The number of aromatic nitrogens is 4. The predicted octanol–water partition coefficient (Wildman–Crippen LogP) is 1.04. The number of morpholine rings is 1. The van der Waals surface area contributed by atoms with E-state index in [1.807, 2.05) is 30.3 Å². The van der Waals surface area contributed by atoms with E-state index in [0.29, 0.717) is 0 Å². The lowest BCUT2D eigenvalue weighted by atomic mass is 10.3. The highest BCUT2D eigenvalue weighted by Gasteiger charge is 2.13. The van der Waals surface area contributed by atoms with Gasteiger partial charge in [0.1, 0.15) is 0 Å².